The highest BCUT2D eigenvalue weighted by Gasteiger charge is 2.37. The molecule has 7 nitrogen and oxygen atoms in total. The third kappa shape index (κ3) is 4.43. The molecule has 1 aromatic heterocycles. The van der Waals surface area contributed by atoms with E-state index in [0.29, 0.717) is 0 Å². The van der Waals surface area contributed by atoms with Crippen LogP contribution in [-0.4, -0.2) is 46.3 Å². The van der Waals surface area contributed by atoms with Crippen molar-refractivity contribution in [1.82, 2.24) is 9.47 Å². The molecule has 0 radical (unpaired) electrons. The molecule has 2 heterocycles. The number of hydrogen-bond donors (Lipinski definition) is 0. The van der Waals surface area contributed by atoms with E-state index >= 15 is 0 Å². The third-order valence-electron chi connectivity index (χ3n) is 4.62. The fraction of sp³-hybridized carbons (Fsp3) is 0.318. The molecule has 3 rings (SSSR count). The van der Waals surface area contributed by atoms with E-state index in [1.165, 1.54) is 0 Å². The van der Waals surface area contributed by atoms with E-state index in [1.54, 1.807) is 27.0 Å². The molecule has 1 saturated heterocycles. The van der Waals surface area contributed by atoms with Gasteiger partial charge in [-0.2, -0.15) is 0 Å². The lowest BCUT2D eigenvalue weighted by atomic mass is 10.2. The number of ether oxygens (including phenoxy) is 2. The van der Waals surface area contributed by atoms with Crippen molar-refractivity contribution in [3.8, 4) is 11.4 Å². The van der Waals surface area contributed by atoms with Crippen LogP contribution in [0.5, 0.6) is 5.75 Å². The van der Waals surface area contributed by atoms with Gasteiger partial charge >= 0.3 is 5.97 Å². The lowest BCUT2D eigenvalue weighted by Crippen LogP contribution is -2.35. The fourth-order valence-corrected chi connectivity index (χ4v) is 4.10. The number of benzene rings is 1. The molecule has 8 heteroatoms. The van der Waals surface area contributed by atoms with Gasteiger partial charge in [-0.3, -0.25) is 19.3 Å². The van der Waals surface area contributed by atoms with Crippen molar-refractivity contribution >= 4 is 35.0 Å². The van der Waals surface area contributed by atoms with Crippen LogP contribution in [-0.2, 0) is 14.3 Å². The zero-order chi connectivity index (χ0) is 22.0. The van der Waals surface area contributed by atoms with E-state index in [9.17, 15) is 14.4 Å². The zero-order valence-electron chi connectivity index (χ0n) is 17.6. The van der Waals surface area contributed by atoms with Crippen LogP contribution in [0.15, 0.2) is 35.2 Å². The Morgan fingerprint density at radius 1 is 1.17 bits per heavy atom. The molecular weight excluding hydrogens is 404 g/mol. The highest BCUT2D eigenvalue weighted by Crippen LogP contribution is 2.33. The smallest absolute Gasteiger partial charge is 0.326 e. The third-order valence-corrected chi connectivity index (χ3v) is 5.52. The molecule has 158 valence electrons. The second-order valence-electron chi connectivity index (χ2n) is 7.17. The van der Waals surface area contributed by atoms with Gasteiger partial charge in [0.05, 0.1) is 18.1 Å². The second kappa shape index (κ2) is 8.79. The average Bonchev–Trinajstić information content (AvgIpc) is 3.11. The molecule has 2 aromatic rings. The Kier molecular flexibility index (Phi) is 6.36. The summed E-state index contributed by atoms with van der Waals surface area (Å²) in [6, 6.07) is 9.64. The van der Waals surface area contributed by atoms with Crippen LogP contribution < -0.4 is 4.74 Å². The van der Waals surface area contributed by atoms with Crippen LogP contribution in [0.4, 0.5) is 4.79 Å². The minimum atomic E-state index is -0.605. The first kappa shape index (κ1) is 21.7. The van der Waals surface area contributed by atoms with E-state index in [4.69, 9.17) is 9.47 Å². The number of aromatic nitrogens is 1. The van der Waals surface area contributed by atoms with Crippen LogP contribution in [0, 0.1) is 13.8 Å². The molecule has 0 aliphatic carbocycles. The molecule has 1 fully saturated rings. The van der Waals surface area contributed by atoms with Gasteiger partial charge in [0.1, 0.15) is 12.3 Å². The number of amides is 2. The molecular formula is C22H24N2O5S. The molecule has 30 heavy (non-hydrogen) atoms. The Morgan fingerprint density at radius 3 is 2.43 bits per heavy atom. The van der Waals surface area contributed by atoms with Crippen molar-refractivity contribution in [3.63, 3.8) is 0 Å². The van der Waals surface area contributed by atoms with E-state index in [-0.39, 0.29) is 17.6 Å². The van der Waals surface area contributed by atoms with Crippen molar-refractivity contribution < 1.29 is 23.9 Å². The average molecular weight is 429 g/mol. The molecule has 1 aromatic carbocycles. The number of rotatable bonds is 6. The topological polar surface area (TPSA) is 77.8 Å². The van der Waals surface area contributed by atoms with Gasteiger partial charge in [0.25, 0.3) is 11.1 Å². The van der Waals surface area contributed by atoms with Gasteiger partial charge in [-0.15, -0.1) is 0 Å². The largest absolute Gasteiger partial charge is 0.497 e. The van der Waals surface area contributed by atoms with Crippen LogP contribution in [0.25, 0.3) is 11.8 Å². The molecule has 0 unspecified atom stereocenters. The number of aryl methyl sites for hydroxylation is 1. The van der Waals surface area contributed by atoms with Crippen molar-refractivity contribution in [2.45, 2.75) is 33.8 Å². The Hall–Kier alpha value is -3.00. The SMILES string of the molecule is COc1ccc(-n2c(C)cc(/C=C3/SC(=O)N(CC(=O)OC(C)C)C3=O)c2C)cc1. The van der Waals surface area contributed by atoms with Crippen molar-refractivity contribution in [1.29, 1.82) is 0 Å². The predicted molar refractivity (Wildman–Crippen MR) is 116 cm³/mol. The van der Waals surface area contributed by atoms with Crippen LogP contribution >= 0.6 is 11.8 Å². The first-order valence-electron chi connectivity index (χ1n) is 9.49. The Morgan fingerprint density at radius 2 is 1.83 bits per heavy atom. The summed E-state index contributed by atoms with van der Waals surface area (Å²) < 4.78 is 12.3. The minimum absolute atomic E-state index is 0.285. The summed E-state index contributed by atoms with van der Waals surface area (Å²) in [5.74, 6) is -0.322. The van der Waals surface area contributed by atoms with Crippen molar-refractivity contribution in [2.75, 3.05) is 13.7 Å². The molecule has 1 aliphatic rings. The van der Waals surface area contributed by atoms with E-state index in [2.05, 4.69) is 4.57 Å². The first-order chi connectivity index (χ1) is 14.2. The molecule has 0 atom stereocenters. The number of methoxy groups -OCH3 is 1. The fourth-order valence-electron chi connectivity index (χ4n) is 3.27. The highest BCUT2D eigenvalue weighted by molar-refractivity contribution is 8.18. The number of esters is 1. The highest BCUT2D eigenvalue weighted by atomic mass is 32.2. The monoisotopic (exact) mass is 428 g/mol. The number of hydrogen-bond acceptors (Lipinski definition) is 6. The van der Waals surface area contributed by atoms with Gasteiger partial charge in [0.2, 0.25) is 0 Å². The van der Waals surface area contributed by atoms with Crippen molar-refractivity contribution in [3.05, 3.63) is 52.2 Å². The number of nitrogens with zero attached hydrogens (tertiary/aromatic N) is 2. The maximum absolute atomic E-state index is 12.7. The second-order valence-corrected chi connectivity index (χ2v) is 8.16. The lowest BCUT2D eigenvalue weighted by molar-refractivity contribution is -0.149. The standard InChI is InChI=1S/C22H24N2O5S/c1-13(2)29-20(25)12-23-21(26)19(30-22(23)27)11-16-10-14(3)24(15(16)4)17-6-8-18(28-5)9-7-17/h6-11,13H,12H2,1-5H3/b19-11+. The first-order valence-corrected chi connectivity index (χ1v) is 10.3. The van der Waals surface area contributed by atoms with Crippen LogP contribution in [0.3, 0.4) is 0 Å². The van der Waals surface area contributed by atoms with Gasteiger partial charge in [-0.1, -0.05) is 0 Å². The summed E-state index contributed by atoms with van der Waals surface area (Å²) in [5.41, 5.74) is 3.72. The summed E-state index contributed by atoms with van der Waals surface area (Å²) in [4.78, 5) is 38.0. The summed E-state index contributed by atoms with van der Waals surface area (Å²) in [6.45, 7) is 6.97. The van der Waals surface area contributed by atoms with E-state index < -0.39 is 17.1 Å². The minimum Gasteiger partial charge on any atom is -0.497 e. The molecule has 0 N–H and O–H groups in total. The van der Waals surface area contributed by atoms with Crippen LogP contribution in [0.1, 0.15) is 30.8 Å². The van der Waals surface area contributed by atoms with Gasteiger partial charge in [-0.25, -0.2) is 0 Å². The normalized spacial score (nSPS) is 15.4. The van der Waals surface area contributed by atoms with Gasteiger partial charge < -0.3 is 14.0 Å². The lowest BCUT2D eigenvalue weighted by Gasteiger charge is -2.13. The summed E-state index contributed by atoms with van der Waals surface area (Å²) in [6.07, 6.45) is 1.39. The molecule has 0 saturated carbocycles. The summed E-state index contributed by atoms with van der Waals surface area (Å²) in [5, 5.41) is -0.476. The number of imide groups is 1. The Labute approximate surface area is 179 Å². The van der Waals surface area contributed by atoms with Crippen LogP contribution in [0.2, 0.25) is 0 Å². The Balaban J connectivity index is 1.86. The molecule has 2 amide bonds. The number of thioether (sulfide) groups is 1. The van der Waals surface area contributed by atoms with E-state index in [1.807, 2.05) is 44.2 Å². The summed E-state index contributed by atoms with van der Waals surface area (Å²) >= 11 is 0.827. The Bertz CT molecular complexity index is 1020. The number of carbonyl (C=O) groups excluding carboxylic acids is 3. The maximum Gasteiger partial charge on any atom is 0.326 e. The van der Waals surface area contributed by atoms with Crippen molar-refractivity contribution in [2.24, 2.45) is 0 Å². The van der Waals surface area contributed by atoms with Gasteiger partial charge in [0, 0.05) is 17.1 Å². The molecule has 0 bridgehead atoms. The quantitative estimate of drug-likeness (QED) is 0.509. The van der Waals surface area contributed by atoms with E-state index in [0.717, 1.165) is 45.1 Å². The van der Waals surface area contributed by atoms with Gasteiger partial charge in [0.15, 0.2) is 0 Å². The van der Waals surface area contributed by atoms with Gasteiger partial charge in [-0.05, 0) is 81.4 Å². The number of carbonyl (C=O) groups is 3. The molecule has 1 aliphatic heterocycles. The zero-order valence-corrected chi connectivity index (χ0v) is 18.4. The maximum atomic E-state index is 12.7. The summed E-state index contributed by atoms with van der Waals surface area (Å²) in [7, 11) is 1.62. The predicted octanol–water partition coefficient (Wildman–Crippen LogP) is 4.09. The molecule has 0 spiro atoms.